The SMILES string of the molecule is CC(C)OCCCn1c(SCC(=O)Nc2ccccc2)nc2cc(Cl)ccc2c1=O. The number of halogens is 1. The summed E-state index contributed by atoms with van der Waals surface area (Å²) in [5.74, 6) is -0.0306. The van der Waals surface area contributed by atoms with Crippen LogP contribution in [-0.2, 0) is 16.1 Å². The molecule has 1 aromatic heterocycles. The van der Waals surface area contributed by atoms with Crippen molar-refractivity contribution in [3.8, 4) is 0 Å². The van der Waals surface area contributed by atoms with Crippen molar-refractivity contribution in [2.75, 3.05) is 17.7 Å². The third-order valence-corrected chi connectivity index (χ3v) is 5.46. The fourth-order valence-corrected chi connectivity index (χ4v) is 3.86. The molecular formula is C22H24ClN3O3S. The second-order valence-corrected chi connectivity index (χ2v) is 8.37. The lowest BCUT2D eigenvalue weighted by Crippen LogP contribution is -2.25. The number of hydrogen-bond acceptors (Lipinski definition) is 5. The van der Waals surface area contributed by atoms with E-state index in [0.717, 1.165) is 5.69 Å². The number of amides is 1. The van der Waals surface area contributed by atoms with Gasteiger partial charge in [-0.2, -0.15) is 0 Å². The Hall–Kier alpha value is -2.35. The number of anilines is 1. The third-order valence-electron chi connectivity index (χ3n) is 4.25. The average molecular weight is 446 g/mol. The van der Waals surface area contributed by atoms with Gasteiger partial charge in [-0.1, -0.05) is 41.6 Å². The predicted molar refractivity (Wildman–Crippen MR) is 123 cm³/mol. The number of nitrogens with one attached hydrogen (secondary N) is 1. The van der Waals surface area contributed by atoms with Gasteiger partial charge < -0.3 is 10.1 Å². The minimum atomic E-state index is -0.165. The summed E-state index contributed by atoms with van der Waals surface area (Å²) in [5.41, 5.74) is 1.10. The van der Waals surface area contributed by atoms with Crippen LogP contribution in [0, 0.1) is 0 Å². The molecule has 3 rings (SSSR count). The molecule has 0 atom stereocenters. The highest BCUT2D eigenvalue weighted by Gasteiger charge is 2.14. The van der Waals surface area contributed by atoms with Gasteiger partial charge in [0.1, 0.15) is 0 Å². The van der Waals surface area contributed by atoms with Gasteiger partial charge in [0.15, 0.2) is 5.16 Å². The van der Waals surface area contributed by atoms with Crippen molar-refractivity contribution >= 4 is 45.9 Å². The average Bonchev–Trinajstić information content (AvgIpc) is 2.71. The van der Waals surface area contributed by atoms with Crippen molar-refractivity contribution in [2.24, 2.45) is 0 Å². The van der Waals surface area contributed by atoms with E-state index < -0.39 is 0 Å². The molecule has 0 spiro atoms. The molecular weight excluding hydrogens is 422 g/mol. The number of ether oxygens (including phenoxy) is 1. The van der Waals surface area contributed by atoms with Gasteiger partial charge in [0.05, 0.1) is 22.8 Å². The summed E-state index contributed by atoms with van der Waals surface area (Å²) in [6, 6.07) is 14.3. The van der Waals surface area contributed by atoms with Crippen LogP contribution in [-0.4, -0.2) is 33.9 Å². The van der Waals surface area contributed by atoms with Gasteiger partial charge in [-0.15, -0.1) is 0 Å². The van der Waals surface area contributed by atoms with E-state index in [4.69, 9.17) is 16.3 Å². The van der Waals surface area contributed by atoms with Crippen molar-refractivity contribution in [1.82, 2.24) is 9.55 Å². The normalized spacial score (nSPS) is 11.2. The molecule has 8 heteroatoms. The lowest BCUT2D eigenvalue weighted by molar-refractivity contribution is -0.113. The number of fused-ring (bicyclic) bond motifs is 1. The number of nitrogens with zero attached hydrogens (tertiary/aromatic N) is 2. The van der Waals surface area contributed by atoms with Crippen LogP contribution in [0.3, 0.4) is 0 Å². The van der Waals surface area contributed by atoms with Crippen molar-refractivity contribution in [1.29, 1.82) is 0 Å². The fourth-order valence-electron chi connectivity index (χ4n) is 2.87. The maximum Gasteiger partial charge on any atom is 0.262 e. The maximum atomic E-state index is 13.0. The van der Waals surface area contributed by atoms with E-state index in [1.807, 2.05) is 44.2 Å². The molecule has 0 saturated carbocycles. The van der Waals surface area contributed by atoms with E-state index in [2.05, 4.69) is 10.3 Å². The van der Waals surface area contributed by atoms with Crippen LogP contribution in [0.2, 0.25) is 5.02 Å². The second-order valence-electron chi connectivity index (χ2n) is 6.99. The first-order valence-electron chi connectivity index (χ1n) is 9.73. The van der Waals surface area contributed by atoms with Crippen molar-refractivity contribution in [3.05, 3.63) is 63.9 Å². The fraction of sp³-hybridized carbons (Fsp3) is 0.318. The quantitative estimate of drug-likeness (QED) is 0.296. The van der Waals surface area contributed by atoms with Crippen molar-refractivity contribution in [2.45, 2.75) is 38.1 Å². The summed E-state index contributed by atoms with van der Waals surface area (Å²) in [4.78, 5) is 30.0. The van der Waals surface area contributed by atoms with Crippen molar-refractivity contribution < 1.29 is 9.53 Å². The monoisotopic (exact) mass is 445 g/mol. The molecule has 0 unspecified atom stereocenters. The number of carbonyl (C=O) groups excluding carboxylic acids is 1. The van der Waals surface area contributed by atoms with E-state index in [-0.39, 0.29) is 23.3 Å². The van der Waals surface area contributed by atoms with E-state index in [1.54, 1.807) is 22.8 Å². The van der Waals surface area contributed by atoms with E-state index >= 15 is 0 Å². The highest BCUT2D eigenvalue weighted by Crippen LogP contribution is 2.21. The predicted octanol–water partition coefficient (Wildman–Crippen LogP) is 4.60. The van der Waals surface area contributed by atoms with Gasteiger partial charge >= 0.3 is 0 Å². The number of carbonyl (C=O) groups is 1. The largest absolute Gasteiger partial charge is 0.379 e. The Balaban J connectivity index is 1.80. The van der Waals surface area contributed by atoms with Crippen LogP contribution in [0.25, 0.3) is 10.9 Å². The standard InChI is InChI=1S/C22H24ClN3O3S/c1-15(2)29-12-6-11-26-21(28)18-10-9-16(23)13-19(18)25-22(26)30-14-20(27)24-17-7-4-3-5-8-17/h3-5,7-10,13,15H,6,11-12,14H2,1-2H3,(H,24,27). The second kappa shape index (κ2) is 10.6. The number of rotatable bonds is 9. The van der Waals surface area contributed by atoms with Crippen LogP contribution < -0.4 is 10.9 Å². The molecule has 0 bridgehead atoms. The van der Waals surface area contributed by atoms with Crippen LogP contribution in [0.1, 0.15) is 20.3 Å². The maximum absolute atomic E-state index is 13.0. The van der Waals surface area contributed by atoms with Gasteiger partial charge in [-0.3, -0.25) is 14.2 Å². The topological polar surface area (TPSA) is 73.2 Å². The Bertz CT molecular complexity index is 1070. The Morgan fingerprint density at radius 3 is 2.73 bits per heavy atom. The molecule has 0 saturated heterocycles. The molecule has 0 aliphatic rings. The Labute approximate surface area is 184 Å². The molecule has 1 heterocycles. The van der Waals surface area contributed by atoms with Gasteiger partial charge in [-0.05, 0) is 50.6 Å². The van der Waals surface area contributed by atoms with Gasteiger partial charge in [-0.25, -0.2) is 4.98 Å². The lowest BCUT2D eigenvalue weighted by Gasteiger charge is -2.14. The summed E-state index contributed by atoms with van der Waals surface area (Å²) >= 11 is 7.31. The summed E-state index contributed by atoms with van der Waals surface area (Å²) in [7, 11) is 0. The van der Waals surface area contributed by atoms with E-state index in [1.165, 1.54) is 11.8 Å². The molecule has 0 radical (unpaired) electrons. The van der Waals surface area contributed by atoms with Crippen molar-refractivity contribution in [3.63, 3.8) is 0 Å². The minimum absolute atomic E-state index is 0.133. The number of hydrogen-bond donors (Lipinski definition) is 1. The first-order valence-corrected chi connectivity index (χ1v) is 11.1. The lowest BCUT2D eigenvalue weighted by atomic mass is 10.2. The smallest absolute Gasteiger partial charge is 0.262 e. The zero-order valence-electron chi connectivity index (χ0n) is 16.9. The summed E-state index contributed by atoms with van der Waals surface area (Å²) < 4.78 is 7.20. The molecule has 0 aliphatic heterocycles. The van der Waals surface area contributed by atoms with E-state index in [0.29, 0.717) is 40.7 Å². The first kappa shape index (κ1) is 22.3. The molecule has 2 aromatic carbocycles. The summed E-state index contributed by atoms with van der Waals surface area (Å²) in [5, 5.41) is 4.34. The summed E-state index contributed by atoms with van der Waals surface area (Å²) in [6.45, 7) is 4.95. The Kier molecular flexibility index (Phi) is 7.90. The van der Waals surface area contributed by atoms with Crippen LogP contribution in [0.5, 0.6) is 0 Å². The highest BCUT2D eigenvalue weighted by atomic mass is 35.5. The summed E-state index contributed by atoms with van der Waals surface area (Å²) in [6.07, 6.45) is 0.803. The molecule has 3 aromatic rings. The Morgan fingerprint density at radius 1 is 1.23 bits per heavy atom. The van der Waals surface area contributed by atoms with E-state index in [9.17, 15) is 9.59 Å². The molecule has 158 valence electrons. The number of para-hydroxylation sites is 1. The first-order chi connectivity index (χ1) is 14.4. The molecule has 1 N–H and O–H groups in total. The zero-order chi connectivity index (χ0) is 21.5. The van der Waals surface area contributed by atoms with Crippen LogP contribution in [0.4, 0.5) is 5.69 Å². The Morgan fingerprint density at radius 2 is 2.00 bits per heavy atom. The highest BCUT2D eigenvalue weighted by molar-refractivity contribution is 7.99. The molecule has 0 fully saturated rings. The number of aromatic nitrogens is 2. The van der Waals surface area contributed by atoms with Crippen LogP contribution >= 0.6 is 23.4 Å². The van der Waals surface area contributed by atoms with Gasteiger partial charge in [0.25, 0.3) is 5.56 Å². The minimum Gasteiger partial charge on any atom is -0.379 e. The molecule has 6 nitrogen and oxygen atoms in total. The van der Waals surface area contributed by atoms with Gasteiger partial charge in [0.2, 0.25) is 5.91 Å². The number of thioether (sulfide) groups is 1. The molecule has 0 aliphatic carbocycles. The number of benzene rings is 2. The van der Waals surface area contributed by atoms with Crippen LogP contribution in [0.15, 0.2) is 58.5 Å². The third kappa shape index (κ3) is 6.08. The zero-order valence-corrected chi connectivity index (χ0v) is 18.5. The molecule has 1 amide bonds. The van der Waals surface area contributed by atoms with Gasteiger partial charge in [0, 0.05) is 23.9 Å². The molecule has 30 heavy (non-hydrogen) atoms.